The van der Waals surface area contributed by atoms with E-state index in [-0.39, 0.29) is 30.9 Å². The fourth-order valence-electron chi connectivity index (χ4n) is 6.02. The summed E-state index contributed by atoms with van der Waals surface area (Å²) >= 11 is 0. The number of nitrogens with one attached hydrogen (secondary N) is 2. The highest BCUT2D eigenvalue weighted by Gasteiger charge is 2.56. The average Bonchev–Trinajstić information content (AvgIpc) is 3.48. The normalized spacial score (nSPS) is 17.6. The highest BCUT2D eigenvalue weighted by atomic mass is 31.2. The number of benzene rings is 2. The molecule has 0 aromatic heterocycles. The van der Waals surface area contributed by atoms with Crippen molar-refractivity contribution in [3.05, 3.63) is 70.8 Å². The van der Waals surface area contributed by atoms with Crippen LogP contribution < -0.4 is 21.3 Å². The molecule has 316 valence electrons. The number of carbonyl (C=O) groups is 6. The van der Waals surface area contributed by atoms with E-state index in [1.54, 1.807) is 6.92 Å². The van der Waals surface area contributed by atoms with Gasteiger partial charge >= 0.3 is 25.2 Å². The molecule has 0 spiro atoms. The molecular weight excluding hydrogens is 781 g/mol. The summed E-state index contributed by atoms with van der Waals surface area (Å²) < 4.78 is 64.9. The van der Waals surface area contributed by atoms with Crippen LogP contribution in [0.4, 0.5) is 14.5 Å². The largest absolute Gasteiger partial charge is 0.438 e. The van der Waals surface area contributed by atoms with Crippen LogP contribution in [0.2, 0.25) is 0 Å². The van der Waals surface area contributed by atoms with Crippen LogP contribution in [0.15, 0.2) is 48.5 Å². The van der Waals surface area contributed by atoms with Gasteiger partial charge in [-0.1, -0.05) is 42.5 Å². The number of carbonyl (C=O) groups excluding carboxylic acids is 6. The Morgan fingerprint density at radius 1 is 0.931 bits per heavy atom. The lowest BCUT2D eigenvalue weighted by molar-refractivity contribution is -0.163. The van der Waals surface area contributed by atoms with Crippen molar-refractivity contribution in [1.29, 1.82) is 0 Å². The Hall–Kier alpha value is -4.99. The molecule has 4 rings (SSSR count). The van der Waals surface area contributed by atoms with Gasteiger partial charge in [-0.3, -0.25) is 47.3 Å². The number of alkyl halides is 2. The van der Waals surface area contributed by atoms with Crippen molar-refractivity contribution >= 4 is 54.9 Å². The molecule has 2 aromatic carbocycles. The van der Waals surface area contributed by atoms with E-state index in [0.29, 0.717) is 18.5 Å². The lowest BCUT2D eigenvalue weighted by atomic mass is 9.98. The Balaban J connectivity index is 1.46. The van der Waals surface area contributed by atoms with Gasteiger partial charge in [-0.25, -0.2) is 0 Å². The zero-order chi connectivity index (χ0) is 43.2. The molecule has 2 aliphatic rings. The molecule has 3 atom stereocenters. The molecule has 0 saturated carbocycles. The van der Waals surface area contributed by atoms with Gasteiger partial charge in [0, 0.05) is 30.5 Å². The quantitative estimate of drug-likeness (QED) is 0.0864. The number of aryl methyl sites for hydroxylation is 1. The van der Waals surface area contributed by atoms with E-state index in [2.05, 4.69) is 10.6 Å². The van der Waals surface area contributed by atoms with Crippen LogP contribution in [0.25, 0.3) is 6.08 Å². The number of rotatable bonds is 16. The van der Waals surface area contributed by atoms with E-state index >= 15 is 8.78 Å². The summed E-state index contributed by atoms with van der Waals surface area (Å²) in [5.41, 5.74) is 0.623. The fraction of sp³-hybridized carbons (Fsp3) is 0.500. The molecule has 0 aliphatic carbocycles. The summed E-state index contributed by atoms with van der Waals surface area (Å²) in [5.74, 6) is -3.69. The zero-order valence-electron chi connectivity index (χ0n) is 33.6. The fourth-order valence-corrected chi connectivity index (χ4v) is 7.27. The smallest absolute Gasteiger partial charge is 0.410 e. The third kappa shape index (κ3) is 11.1. The standard InChI is InChI=1S/C40H51F2N4O11P/c1-24(11-19-31(43)47)44-34(49)30-21-27-10-8-9-26-15-18-29(35(50)46(30)33(26)27)45-32(48)20-14-25-12-16-28(17-13-25)40(41,42)58(53,56-22-54-36(51)38(2,3)4)57-23-55-37(52)39(5,6)7/h8-10,12-14,16-17,20,24,29-30H,11,15,18-19,21-23H2,1-7H3,(H2,43,47)(H,44,49)(H,45,48)/b20-14+/t24?,29-,30?/m0/s1. The van der Waals surface area contributed by atoms with E-state index < -0.39 is 90.9 Å². The second-order valence-electron chi connectivity index (χ2n) is 16.2. The minimum Gasteiger partial charge on any atom is -0.438 e. The van der Waals surface area contributed by atoms with Crippen molar-refractivity contribution < 1.29 is 60.6 Å². The second-order valence-corrected chi connectivity index (χ2v) is 18.3. The molecule has 15 nitrogen and oxygen atoms in total. The van der Waals surface area contributed by atoms with E-state index in [1.807, 2.05) is 18.2 Å². The van der Waals surface area contributed by atoms with Gasteiger partial charge in [0.15, 0.2) is 0 Å². The van der Waals surface area contributed by atoms with Crippen LogP contribution in [-0.2, 0) is 70.4 Å². The van der Waals surface area contributed by atoms with E-state index in [0.717, 1.165) is 29.3 Å². The van der Waals surface area contributed by atoms with Gasteiger partial charge in [0.2, 0.25) is 37.2 Å². The molecule has 0 bridgehead atoms. The Kier molecular flexibility index (Phi) is 14.4. The van der Waals surface area contributed by atoms with Crippen LogP contribution in [-0.4, -0.2) is 67.3 Å². The van der Waals surface area contributed by atoms with Crippen molar-refractivity contribution in [2.45, 2.75) is 104 Å². The number of nitrogens with two attached hydrogens (primary N) is 1. The molecule has 18 heteroatoms. The van der Waals surface area contributed by atoms with E-state index in [9.17, 15) is 33.3 Å². The van der Waals surface area contributed by atoms with Crippen LogP contribution >= 0.6 is 7.60 Å². The number of ether oxygens (including phenoxy) is 2. The van der Waals surface area contributed by atoms with Crippen LogP contribution in [0.3, 0.4) is 0 Å². The Morgan fingerprint density at radius 2 is 1.50 bits per heavy atom. The molecule has 0 fully saturated rings. The summed E-state index contributed by atoms with van der Waals surface area (Å²) in [4.78, 5) is 77.6. The molecular formula is C40H51F2N4O11P. The topological polar surface area (TPSA) is 210 Å². The first-order valence-corrected chi connectivity index (χ1v) is 20.2. The Morgan fingerprint density at radius 3 is 2.05 bits per heavy atom. The number of para-hydroxylation sites is 1. The summed E-state index contributed by atoms with van der Waals surface area (Å²) in [6.07, 6.45) is 3.79. The van der Waals surface area contributed by atoms with Crippen molar-refractivity contribution in [1.82, 2.24) is 10.6 Å². The predicted octanol–water partition coefficient (Wildman–Crippen LogP) is 5.23. The Bertz CT molecular complexity index is 1940. The molecule has 4 N–H and O–H groups in total. The highest BCUT2D eigenvalue weighted by Crippen LogP contribution is 2.67. The lowest BCUT2D eigenvalue weighted by Crippen LogP contribution is -2.55. The van der Waals surface area contributed by atoms with Crippen molar-refractivity contribution in [3.8, 4) is 0 Å². The number of nitrogens with zero attached hydrogens (tertiary/aromatic N) is 1. The van der Waals surface area contributed by atoms with Gasteiger partial charge in [0.05, 0.1) is 16.5 Å². The first-order valence-electron chi connectivity index (χ1n) is 18.7. The second kappa shape index (κ2) is 18.3. The summed E-state index contributed by atoms with van der Waals surface area (Å²) in [6, 6.07) is 7.58. The molecule has 4 amide bonds. The van der Waals surface area contributed by atoms with E-state index in [1.165, 1.54) is 64.7 Å². The highest BCUT2D eigenvalue weighted by molar-refractivity contribution is 7.54. The summed E-state index contributed by atoms with van der Waals surface area (Å²) in [7, 11) is -5.54. The molecule has 58 heavy (non-hydrogen) atoms. The van der Waals surface area contributed by atoms with Gasteiger partial charge in [-0.05, 0) is 90.5 Å². The minimum atomic E-state index is -5.54. The van der Waals surface area contributed by atoms with Gasteiger partial charge in [-0.15, -0.1) is 0 Å². The minimum absolute atomic E-state index is 0.0825. The van der Waals surface area contributed by atoms with Crippen LogP contribution in [0, 0.1) is 10.8 Å². The number of esters is 2. The van der Waals surface area contributed by atoms with Gasteiger partial charge in [0.25, 0.3) is 0 Å². The SMILES string of the molecule is CC(CCC(N)=O)NC(=O)C1Cc2cccc3c2N1C(=O)[C@@H](NC(=O)/C=C/c1ccc(C(F)(F)P(=O)(OCOC(=O)C(C)(C)C)OCOC(=O)C(C)(C)C)cc1)CC3. The summed E-state index contributed by atoms with van der Waals surface area (Å²) in [5, 5.41) is 5.56. The maximum Gasteiger partial charge on any atom is 0.410 e. The molecule has 2 aromatic rings. The van der Waals surface area contributed by atoms with Crippen LogP contribution in [0.1, 0.15) is 90.0 Å². The number of primary amides is 1. The molecule has 2 aliphatic heterocycles. The van der Waals surface area contributed by atoms with E-state index in [4.69, 9.17) is 24.3 Å². The van der Waals surface area contributed by atoms with Crippen molar-refractivity contribution in [2.24, 2.45) is 16.6 Å². The predicted molar refractivity (Wildman–Crippen MR) is 208 cm³/mol. The Labute approximate surface area is 335 Å². The third-order valence-electron chi connectivity index (χ3n) is 9.32. The number of anilines is 1. The van der Waals surface area contributed by atoms with Gasteiger partial charge < -0.3 is 25.8 Å². The maximum atomic E-state index is 15.9. The molecule has 2 unspecified atom stereocenters. The third-order valence-corrected chi connectivity index (χ3v) is 11.2. The average molecular weight is 833 g/mol. The molecule has 0 radical (unpaired) electrons. The van der Waals surface area contributed by atoms with Crippen molar-refractivity contribution in [2.75, 3.05) is 18.5 Å². The zero-order valence-corrected chi connectivity index (χ0v) is 34.5. The number of halogens is 2. The molecule has 0 saturated heterocycles. The monoisotopic (exact) mass is 832 g/mol. The maximum absolute atomic E-state index is 15.9. The number of hydrogen-bond acceptors (Lipinski definition) is 11. The number of amides is 4. The number of hydrogen-bond donors (Lipinski definition) is 3. The lowest BCUT2D eigenvalue weighted by Gasteiger charge is -2.28. The van der Waals surface area contributed by atoms with Crippen molar-refractivity contribution in [3.63, 3.8) is 0 Å². The molecule has 2 heterocycles. The first-order chi connectivity index (χ1) is 26.9. The first kappa shape index (κ1) is 45.7. The van der Waals surface area contributed by atoms with Gasteiger partial charge in [0.1, 0.15) is 12.1 Å². The summed E-state index contributed by atoms with van der Waals surface area (Å²) in [6.45, 7) is 8.53. The van der Waals surface area contributed by atoms with Crippen LogP contribution in [0.5, 0.6) is 0 Å². The van der Waals surface area contributed by atoms with Gasteiger partial charge in [-0.2, -0.15) is 8.78 Å².